The van der Waals surface area contributed by atoms with E-state index >= 15 is 0 Å². The van der Waals surface area contributed by atoms with Crippen molar-refractivity contribution >= 4 is 39.0 Å². The van der Waals surface area contributed by atoms with Gasteiger partial charge in [-0.15, -0.1) is 0 Å². The Labute approximate surface area is 246 Å². The average Bonchev–Trinajstić information content (AvgIpc) is 3.23. The molecule has 1 aliphatic heterocycles. The summed E-state index contributed by atoms with van der Waals surface area (Å²) in [6, 6.07) is 14.4. The predicted molar refractivity (Wildman–Crippen MR) is 162 cm³/mol. The van der Waals surface area contributed by atoms with Gasteiger partial charge in [0, 0.05) is 43.8 Å². The Hall–Kier alpha value is -2.69. The minimum absolute atomic E-state index is 0.0351. The van der Waals surface area contributed by atoms with E-state index in [0.717, 1.165) is 66.2 Å². The van der Waals surface area contributed by atoms with Crippen LogP contribution in [0.25, 0.3) is 11.0 Å². The van der Waals surface area contributed by atoms with E-state index in [4.69, 9.17) is 14.5 Å². The van der Waals surface area contributed by atoms with Gasteiger partial charge in [-0.3, -0.25) is 4.57 Å². The van der Waals surface area contributed by atoms with E-state index in [0.29, 0.717) is 25.3 Å². The number of fused-ring (bicyclic) bond motifs is 1. The number of halogens is 1. The van der Waals surface area contributed by atoms with Crippen molar-refractivity contribution in [2.75, 3.05) is 31.6 Å². The van der Waals surface area contributed by atoms with Gasteiger partial charge in [-0.1, -0.05) is 32.0 Å². The smallest absolute Gasteiger partial charge is 0.407 e. The first-order valence-corrected chi connectivity index (χ1v) is 15.0. The van der Waals surface area contributed by atoms with Crippen molar-refractivity contribution in [3.63, 3.8) is 0 Å². The summed E-state index contributed by atoms with van der Waals surface area (Å²) < 4.78 is 14.5. The number of para-hydroxylation sites is 2. The molecule has 1 saturated heterocycles. The largest absolute Gasteiger partial charge is 0.444 e. The fourth-order valence-electron chi connectivity index (χ4n) is 4.84. The normalized spacial score (nSPS) is 15.9. The van der Waals surface area contributed by atoms with E-state index in [9.17, 15) is 4.79 Å². The Kier molecular flexibility index (Phi) is 10.4. The number of piperidine rings is 1. The van der Waals surface area contributed by atoms with E-state index in [-0.39, 0.29) is 12.1 Å². The molecule has 4 rings (SSSR count). The van der Waals surface area contributed by atoms with E-state index in [1.807, 2.05) is 57.2 Å². The van der Waals surface area contributed by atoms with E-state index in [1.165, 1.54) is 0 Å². The summed E-state index contributed by atoms with van der Waals surface area (Å²) >= 11 is 3.43. The van der Waals surface area contributed by atoms with E-state index < -0.39 is 5.60 Å². The van der Waals surface area contributed by atoms with Crippen LogP contribution < -0.4 is 10.6 Å². The molecule has 2 aromatic heterocycles. The number of likely N-dealkylation sites (tertiary alicyclic amines) is 1. The van der Waals surface area contributed by atoms with Gasteiger partial charge in [0.1, 0.15) is 16.9 Å². The molecule has 0 aliphatic carbocycles. The van der Waals surface area contributed by atoms with Crippen molar-refractivity contribution in [3.05, 3.63) is 52.8 Å². The van der Waals surface area contributed by atoms with Gasteiger partial charge in [0.2, 0.25) is 5.95 Å². The number of hydrogen-bond donors (Lipinski definition) is 2. The van der Waals surface area contributed by atoms with Crippen LogP contribution in [0.1, 0.15) is 53.2 Å². The molecule has 0 saturated carbocycles. The van der Waals surface area contributed by atoms with E-state index in [1.54, 1.807) is 0 Å². The number of aromatic nitrogens is 3. The summed E-state index contributed by atoms with van der Waals surface area (Å²) in [4.78, 5) is 24.2. The summed E-state index contributed by atoms with van der Waals surface area (Å²) in [5.74, 6) is 1.15. The van der Waals surface area contributed by atoms with Crippen LogP contribution in [0.4, 0.5) is 10.7 Å². The molecule has 218 valence electrons. The maximum absolute atomic E-state index is 12.4. The first-order valence-electron chi connectivity index (χ1n) is 14.2. The zero-order valence-corrected chi connectivity index (χ0v) is 25.9. The molecule has 3 aromatic rings. The quantitative estimate of drug-likeness (QED) is 0.207. The molecule has 1 amide bonds. The third-order valence-corrected chi connectivity index (χ3v) is 7.47. The molecule has 1 atom stereocenters. The number of imidazole rings is 1. The number of anilines is 1. The Balaban J connectivity index is 1.31. The van der Waals surface area contributed by atoms with Crippen LogP contribution >= 0.6 is 15.9 Å². The van der Waals surface area contributed by atoms with Crippen LogP contribution in [0.2, 0.25) is 0 Å². The highest BCUT2D eigenvalue weighted by atomic mass is 79.9. The van der Waals surface area contributed by atoms with Crippen molar-refractivity contribution in [3.8, 4) is 0 Å². The predicted octanol–water partition coefficient (Wildman–Crippen LogP) is 5.84. The van der Waals surface area contributed by atoms with Gasteiger partial charge in [0.25, 0.3) is 0 Å². The molecule has 1 aliphatic rings. The van der Waals surface area contributed by atoms with Crippen molar-refractivity contribution < 1.29 is 14.3 Å². The van der Waals surface area contributed by atoms with Crippen molar-refractivity contribution in [2.45, 2.75) is 78.3 Å². The summed E-state index contributed by atoms with van der Waals surface area (Å²) in [7, 11) is 0. The maximum atomic E-state index is 12.4. The van der Waals surface area contributed by atoms with Crippen LogP contribution in [-0.2, 0) is 22.6 Å². The van der Waals surface area contributed by atoms with E-state index in [2.05, 4.69) is 60.9 Å². The number of pyridine rings is 1. The van der Waals surface area contributed by atoms with Crippen LogP contribution in [0.5, 0.6) is 0 Å². The Morgan fingerprint density at radius 1 is 1.10 bits per heavy atom. The van der Waals surface area contributed by atoms with Crippen molar-refractivity contribution in [1.82, 2.24) is 24.8 Å². The summed E-state index contributed by atoms with van der Waals surface area (Å²) in [6.45, 7) is 13.6. The van der Waals surface area contributed by atoms with Crippen molar-refractivity contribution in [2.24, 2.45) is 5.92 Å². The second-order valence-electron chi connectivity index (χ2n) is 11.8. The monoisotopic (exact) mass is 614 g/mol. The first kappa shape index (κ1) is 30.3. The molecule has 10 heteroatoms. The van der Waals surface area contributed by atoms with Gasteiger partial charge >= 0.3 is 6.09 Å². The lowest BCUT2D eigenvalue weighted by atomic mass is 10.0. The van der Waals surface area contributed by atoms with Crippen LogP contribution in [0.15, 0.2) is 47.1 Å². The third kappa shape index (κ3) is 8.91. The number of benzene rings is 1. The van der Waals surface area contributed by atoms with Gasteiger partial charge in [-0.2, -0.15) is 0 Å². The van der Waals surface area contributed by atoms with Gasteiger partial charge in [0.15, 0.2) is 0 Å². The van der Waals surface area contributed by atoms with Gasteiger partial charge in [-0.25, -0.2) is 14.8 Å². The molecular formula is C30H43BrN6O3. The number of carbonyl (C=O) groups excluding carboxylic acids is 1. The number of alkyl carbamates (subject to hydrolysis) is 1. The number of amides is 1. The fraction of sp³-hybridized carbons (Fsp3) is 0.567. The molecule has 1 fully saturated rings. The van der Waals surface area contributed by atoms with Crippen LogP contribution in [0, 0.1) is 5.92 Å². The number of hydrogen-bond acceptors (Lipinski definition) is 7. The van der Waals surface area contributed by atoms with Gasteiger partial charge in [0.05, 0.1) is 17.6 Å². The van der Waals surface area contributed by atoms with Gasteiger partial charge in [-0.05, 0) is 79.7 Å². The number of rotatable bonds is 11. The molecule has 0 radical (unpaired) electrons. The number of nitrogens with one attached hydrogen (secondary N) is 2. The highest BCUT2D eigenvalue weighted by Gasteiger charge is 2.27. The van der Waals surface area contributed by atoms with Crippen molar-refractivity contribution in [1.29, 1.82) is 0 Å². The second-order valence-corrected chi connectivity index (χ2v) is 12.6. The molecule has 1 aromatic carbocycles. The Morgan fingerprint density at radius 3 is 2.55 bits per heavy atom. The standard InChI is InChI=1S/C30H43BrN6O3/c1-21(2)25(35-29(38)40-30(3,4)5)19-36-16-13-23(14-17-36)33-28-34-24-10-6-7-11-26(24)37(28)20-39-18-15-22-9-8-12-27(31)32-22/h6-12,21,23,25H,13-20H2,1-5H3,(H,33,34)(H,35,38). The molecule has 1 unspecified atom stereocenters. The fourth-order valence-corrected chi connectivity index (χ4v) is 5.22. The highest BCUT2D eigenvalue weighted by molar-refractivity contribution is 9.10. The minimum Gasteiger partial charge on any atom is -0.444 e. The molecule has 3 heterocycles. The zero-order chi connectivity index (χ0) is 28.7. The Bertz CT molecular complexity index is 1250. The lowest BCUT2D eigenvalue weighted by Crippen LogP contribution is -2.50. The summed E-state index contributed by atoms with van der Waals surface area (Å²) in [5.41, 5.74) is 2.49. The summed E-state index contributed by atoms with van der Waals surface area (Å²) in [5, 5.41) is 6.78. The highest BCUT2D eigenvalue weighted by Crippen LogP contribution is 2.23. The summed E-state index contributed by atoms with van der Waals surface area (Å²) in [6.07, 6.45) is 2.39. The number of nitrogens with zero attached hydrogens (tertiary/aromatic N) is 4. The molecule has 40 heavy (non-hydrogen) atoms. The van der Waals surface area contributed by atoms with Crippen LogP contribution in [-0.4, -0.2) is 69.5 Å². The molecule has 0 bridgehead atoms. The zero-order valence-electron chi connectivity index (χ0n) is 24.3. The maximum Gasteiger partial charge on any atom is 0.407 e. The van der Waals surface area contributed by atoms with Crippen LogP contribution in [0.3, 0.4) is 0 Å². The molecule has 2 N–H and O–H groups in total. The average molecular weight is 616 g/mol. The molecule has 9 nitrogen and oxygen atoms in total. The molecular weight excluding hydrogens is 572 g/mol. The Morgan fingerprint density at radius 2 is 1.85 bits per heavy atom. The number of ether oxygens (including phenoxy) is 2. The SMILES string of the molecule is CC(C)C(CN1CCC(Nc2nc3ccccc3n2COCCc2cccc(Br)n2)CC1)NC(=O)OC(C)(C)C. The first-order chi connectivity index (χ1) is 19.1. The topological polar surface area (TPSA) is 93.5 Å². The minimum atomic E-state index is -0.506. The lowest BCUT2D eigenvalue weighted by molar-refractivity contribution is 0.0468. The third-order valence-electron chi connectivity index (χ3n) is 7.03. The second kappa shape index (κ2) is 13.8. The lowest BCUT2D eigenvalue weighted by Gasteiger charge is -2.36. The van der Waals surface area contributed by atoms with Gasteiger partial charge < -0.3 is 25.0 Å². The number of carbonyl (C=O) groups is 1. The molecule has 0 spiro atoms.